The van der Waals surface area contributed by atoms with Crippen LogP contribution < -0.4 is 0 Å². The van der Waals surface area contributed by atoms with E-state index < -0.39 is 0 Å². The number of rotatable bonds is 4. The second-order valence-corrected chi connectivity index (χ2v) is 10.4. The molecule has 0 amide bonds. The van der Waals surface area contributed by atoms with Crippen molar-refractivity contribution in [3.63, 3.8) is 0 Å². The molecular weight excluding hydrogens is 496 g/mol. The maximum absolute atomic E-state index is 5.51. The van der Waals surface area contributed by atoms with Crippen molar-refractivity contribution in [2.45, 2.75) is 0 Å². The molecule has 0 atom stereocenters. The van der Waals surface area contributed by atoms with Crippen LogP contribution in [0.1, 0.15) is 0 Å². The van der Waals surface area contributed by atoms with Crippen LogP contribution >= 0.6 is 0 Å². The normalized spacial score (nSPS) is 11.4. The van der Waals surface area contributed by atoms with Crippen molar-refractivity contribution >= 4 is 32.6 Å². The first kappa shape index (κ1) is 23.4. The third-order valence-electron chi connectivity index (χ3n) is 7.96. The summed E-state index contributed by atoms with van der Waals surface area (Å²) in [6, 6.07) is 56.0. The average molecular weight is 523 g/mol. The van der Waals surface area contributed by atoms with Gasteiger partial charge >= 0.3 is 0 Å². The molecule has 0 fully saturated rings. The van der Waals surface area contributed by atoms with Gasteiger partial charge in [0.05, 0.1) is 11.0 Å². The Labute approximate surface area is 238 Å². The van der Waals surface area contributed by atoms with Crippen LogP contribution in [0.4, 0.5) is 0 Å². The molecule has 8 aromatic rings. The third-order valence-corrected chi connectivity index (χ3v) is 7.96. The van der Waals surface area contributed by atoms with Gasteiger partial charge < -0.3 is 0 Å². The quantitative estimate of drug-likeness (QED) is 0.225. The van der Waals surface area contributed by atoms with Crippen LogP contribution in [0.25, 0.3) is 71.9 Å². The Hall–Kier alpha value is -5.47. The van der Waals surface area contributed by atoms with Gasteiger partial charge in [0.1, 0.15) is 5.82 Å². The minimum Gasteiger partial charge on any atom is -0.292 e. The summed E-state index contributed by atoms with van der Waals surface area (Å²) in [5.41, 5.74) is 8.99. The van der Waals surface area contributed by atoms with E-state index in [-0.39, 0.29) is 0 Å². The van der Waals surface area contributed by atoms with Crippen molar-refractivity contribution < 1.29 is 0 Å². The van der Waals surface area contributed by atoms with E-state index in [1.807, 2.05) is 0 Å². The number of aromatic nitrogens is 2. The SMILES string of the molecule is c1ccc(-c2c3ccccc3c(-c3ccc4ccccc4c3)c3nc(-c4ccccc4)n(-c4ccccc4)c23)cc1. The lowest BCUT2D eigenvalue weighted by molar-refractivity contribution is 1.10. The molecule has 0 spiro atoms. The molecule has 0 N–H and O–H groups in total. The molecule has 0 unspecified atom stereocenters. The van der Waals surface area contributed by atoms with Crippen molar-refractivity contribution in [2.24, 2.45) is 0 Å². The molecule has 0 aliphatic heterocycles. The Bertz CT molecular complexity index is 2180. The van der Waals surface area contributed by atoms with Gasteiger partial charge in [0.15, 0.2) is 0 Å². The predicted octanol–water partition coefficient (Wildman–Crippen LogP) is 10.3. The van der Waals surface area contributed by atoms with E-state index in [1.165, 1.54) is 38.2 Å². The molecule has 1 heterocycles. The van der Waals surface area contributed by atoms with Crippen LogP contribution in [-0.2, 0) is 0 Å². The number of benzene rings is 7. The minimum absolute atomic E-state index is 0.932. The van der Waals surface area contributed by atoms with Crippen LogP contribution in [0.5, 0.6) is 0 Å². The van der Waals surface area contributed by atoms with E-state index in [0.717, 1.165) is 33.7 Å². The van der Waals surface area contributed by atoms with Gasteiger partial charge in [-0.2, -0.15) is 0 Å². The highest BCUT2D eigenvalue weighted by Crippen LogP contribution is 2.46. The Morgan fingerprint density at radius 3 is 1.68 bits per heavy atom. The molecule has 192 valence electrons. The molecule has 0 saturated heterocycles. The van der Waals surface area contributed by atoms with E-state index in [2.05, 4.69) is 162 Å². The maximum Gasteiger partial charge on any atom is 0.145 e. The summed E-state index contributed by atoms with van der Waals surface area (Å²) < 4.78 is 2.35. The molecule has 8 rings (SSSR count). The molecule has 0 bridgehead atoms. The van der Waals surface area contributed by atoms with E-state index >= 15 is 0 Å². The highest BCUT2D eigenvalue weighted by atomic mass is 15.1. The summed E-state index contributed by atoms with van der Waals surface area (Å²) in [4.78, 5) is 5.51. The van der Waals surface area contributed by atoms with Gasteiger partial charge in [-0.3, -0.25) is 4.57 Å². The molecule has 41 heavy (non-hydrogen) atoms. The summed E-state index contributed by atoms with van der Waals surface area (Å²) in [5.74, 6) is 0.932. The van der Waals surface area contributed by atoms with Crippen molar-refractivity contribution in [3.8, 4) is 39.3 Å². The second-order valence-electron chi connectivity index (χ2n) is 10.4. The van der Waals surface area contributed by atoms with Gasteiger partial charge in [0.2, 0.25) is 0 Å². The monoisotopic (exact) mass is 522 g/mol. The summed E-state index contributed by atoms with van der Waals surface area (Å²) in [6.45, 7) is 0. The fourth-order valence-electron chi connectivity index (χ4n) is 6.14. The van der Waals surface area contributed by atoms with E-state index in [0.29, 0.717) is 0 Å². The van der Waals surface area contributed by atoms with Crippen molar-refractivity contribution in [2.75, 3.05) is 0 Å². The van der Waals surface area contributed by atoms with Gasteiger partial charge in [0.25, 0.3) is 0 Å². The number of hydrogen-bond acceptors (Lipinski definition) is 1. The van der Waals surface area contributed by atoms with Crippen molar-refractivity contribution in [3.05, 3.63) is 158 Å². The standard InChI is InChI=1S/C39H26N2/c1-4-15-28(16-5-1)36-34-23-13-12-22-33(34)35(31-25-24-27-14-10-11-19-30(27)26-31)37-38(36)41(32-20-8-3-9-21-32)39(40-37)29-17-6-2-7-18-29/h1-26H. The summed E-state index contributed by atoms with van der Waals surface area (Å²) in [7, 11) is 0. The number of imidazole rings is 1. The van der Waals surface area contributed by atoms with Gasteiger partial charge in [-0.1, -0.05) is 140 Å². The van der Waals surface area contributed by atoms with Crippen LogP contribution in [-0.4, -0.2) is 9.55 Å². The smallest absolute Gasteiger partial charge is 0.145 e. The number of hydrogen-bond donors (Lipinski definition) is 0. The Morgan fingerprint density at radius 1 is 0.415 bits per heavy atom. The Morgan fingerprint density at radius 2 is 0.976 bits per heavy atom. The lowest BCUT2D eigenvalue weighted by atomic mass is 9.89. The molecule has 0 saturated carbocycles. The van der Waals surface area contributed by atoms with Crippen LogP contribution in [0, 0.1) is 0 Å². The summed E-state index contributed by atoms with van der Waals surface area (Å²) in [6.07, 6.45) is 0. The highest BCUT2D eigenvalue weighted by Gasteiger charge is 2.24. The van der Waals surface area contributed by atoms with E-state index in [4.69, 9.17) is 4.98 Å². The zero-order chi connectivity index (χ0) is 27.2. The van der Waals surface area contributed by atoms with Gasteiger partial charge in [-0.05, 0) is 50.9 Å². The second kappa shape index (κ2) is 9.62. The Balaban J connectivity index is 1.62. The highest BCUT2D eigenvalue weighted by molar-refractivity contribution is 6.20. The molecular formula is C39H26N2. The van der Waals surface area contributed by atoms with Crippen LogP contribution in [0.2, 0.25) is 0 Å². The topological polar surface area (TPSA) is 17.8 Å². The zero-order valence-electron chi connectivity index (χ0n) is 22.4. The lowest BCUT2D eigenvalue weighted by Gasteiger charge is -2.17. The lowest BCUT2D eigenvalue weighted by Crippen LogP contribution is -1.99. The summed E-state index contributed by atoms with van der Waals surface area (Å²) in [5, 5.41) is 4.87. The maximum atomic E-state index is 5.51. The fourth-order valence-corrected chi connectivity index (χ4v) is 6.14. The number of para-hydroxylation sites is 1. The first-order chi connectivity index (χ1) is 20.4. The predicted molar refractivity (Wildman–Crippen MR) is 172 cm³/mol. The molecule has 7 aromatic carbocycles. The first-order valence-electron chi connectivity index (χ1n) is 14.0. The minimum atomic E-state index is 0.932. The number of nitrogens with zero attached hydrogens (tertiary/aromatic N) is 2. The van der Waals surface area contributed by atoms with Crippen molar-refractivity contribution in [1.82, 2.24) is 9.55 Å². The molecule has 0 aliphatic carbocycles. The van der Waals surface area contributed by atoms with Gasteiger partial charge in [-0.15, -0.1) is 0 Å². The van der Waals surface area contributed by atoms with Gasteiger partial charge in [0, 0.05) is 22.4 Å². The first-order valence-corrected chi connectivity index (χ1v) is 14.0. The third kappa shape index (κ3) is 3.84. The molecule has 1 aromatic heterocycles. The average Bonchev–Trinajstić information content (AvgIpc) is 3.44. The largest absolute Gasteiger partial charge is 0.292 e. The van der Waals surface area contributed by atoms with Crippen molar-refractivity contribution in [1.29, 1.82) is 0 Å². The number of fused-ring (bicyclic) bond motifs is 3. The fraction of sp³-hybridized carbons (Fsp3) is 0. The van der Waals surface area contributed by atoms with Gasteiger partial charge in [-0.25, -0.2) is 4.98 Å². The van der Waals surface area contributed by atoms with Crippen LogP contribution in [0.3, 0.4) is 0 Å². The molecule has 0 radical (unpaired) electrons. The van der Waals surface area contributed by atoms with E-state index in [9.17, 15) is 0 Å². The zero-order valence-corrected chi connectivity index (χ0v) is 22.4. The van der Waals surface area contributed by atoms with E-state index in [1.54, 1.807) is 0 Å². The molecule has 2 nitrogen and oxygen atoms in total. The Kier molecular flexibility index (Phi) is 5.49. The molecule has 2 heteroatoms. The van der Waals surface area contributed by atoms with Crippen LogP contribution in [0.15, 0.2) is 158 Å². The molecule has 0 aliphatic rings. The summed E-state index contributed by atoms with van der Waals surface area (Å²) >= 11 is 0.